The van der Waals surface area contributed by atoms with E-state index in [0.717, 1.165) is 61.6 Å². The van der Waals surface area contributed by atoms with Crippen molar-refractivity contribution in [1.29, 1.82) is 0 Å². The molecule has 0 aromatic heterocycles. The summed E-state index contributed by atoms with van der Waals surface area (Å²) in [7, 11) is 0. The second kappa shape index (κ2) is 13.3. The van der Waals surface area contributed by atoms with Gasteiger partial charge in [-0.05, 0) is 97.8 Å². The van der Waals surface area contributed by atoms with Crippen molar-refractivity contribution in [1.82, 2.24) is 0 Å². The summed E-state index contributed by atoms with van der Waals surface area (Å²) in [6, 6.07) is 26.9. The molecule has 2 heterocycles. The topological polar surface area (TPSA) is 41.9 Å². The quantitative estimate of drug-likeness (QED) is 0.234. The van der Waals surface area contributed by atoms with Crippen LogP contribution < -0.4 is 9.64 Å². The van der Waals surface area contributed by atoms with Gasteiger partial charge in [-0.25, -0.2) is 0 Å². The molecule has 4 heteroatoms. The summed E-state index contributed by atoms with van der Waals surface area (Å²) in [6.45, 7) is 10.5. The molecule has 1 unspecified atom stereocenters. The van der Waals surface area contributed by atoms with E-state index in [1.807, 2.05) is 12.1 Å². The van der Waals surface area contributed by atoms with Crippen LogP contribution in [0.5, 0.6) is 11.5 Å². The third-order valence-electron chi connectivity index (χ3n) is 8.02. The van der Waals surface area contributed by atoms with Crippen LogP contribution in [0.1, 0.15) is 68.2 Å². The second-order valence-electron chi connectivity index (χ2n) is 11.1. The molecule has 4 aromatic carbocycles. The molecular formula is C37H43NO3. The molecule has 2 aliphatic rings. The standard InChI is InChI=1S/C31H29NO2.C6H14O/c1-22-21-30-29(28-8-4-3-7-27(22)28)17-18-31(34-30,24-11-15-26(33)16-12-24)23-9-13-25(14-10-23)32-19-5-2-6-20-32;1-3-5-7-6-4-2/h3-4,7-18,21,33H,2,5-6,19-20H2,1H3;3-6H2,1-2H3. The number of benzene rings is 4. The van der Waals surface area contributed by atoms with Gasteiger partial charge in [0.15, 0.2) is 5.60 Å². The third kappa shape index (κ3) is 6.28. The average Bonchev–Trinajstić information content (AvgIpc) is 3.02. The van der Waals surface area contributed by atoms with Crippen LogP contribution in [0.4, 0.5) is 5.69 Å². The summed E-state index contributed by atoms with van der Waals surface area (Å²) in [4.78, 5) is 2.48. The maximum Gasteiger partial charge on any atom is 0.178 e. The smallest absolute Gasteiger partial charge is 0.178 e. The highest BCUT2D eigenvalue weighted by Crippen LogP contribution is 2.45. The highest BCUT2D eigenvalue weighted by Gasteiger charge is 2.37. The molecule has 0 radical (unpaired) electrons. The molecule has 1 N–H and O–H groups in total. The van der Waals surface area contributed by atoms with Crippen LogP contribution in [-0.4, -0.2) is 31.4 Å². The zero-order valence-corrected chi connectivity index (χ0v) is 24.7. The molecule has 4 aromatic rings. The zero-order chi connectivity index (χ0) is 28.7. The Morgan fingerprint density at radius 2 is 1.41 bits per heavy atom. The lowest BCUT2D eigenvalue weighted by atomic mass is 9.82. The van der Waals surface area contributed by atoms with Crippen molar-refractivity contribution in [2.45, 2.75) is 58.5 Å². The summed E-state index contributed by atoms with van der Waals surface area (Å²) >= 11 is 0. The molecule has 1 fully saturated rings. The highest BCUT2D eigenvalue weighted by atomic mass is 16.5. The molecule has 0 amide bonds. The van der Waals surface area contributed by atoms with Crippen molar-refractivity contribution in [2.24, 2.45) is 0 Å². The Morgan fingerprint density at radius 1 is 0.805 bits per heavy atom. The SMILES string of the molecule is CCCOCCC.Cc1cc2c(c3ccccc13)C=CC(c1ccc(O)cc1)(c1ccc(N3CCCCC3)cc1)O2. The molecule has 6 rings (SSSR count). The Morgan fingerprint density at radius 3 is 2.05 bits per heavy atom. The molecular weight excluding hydrogens is 506 g/mol. The van der Waals surface area contributed by atoms with E-state index in [0.29, 0.717) is 0 Å². The van der Waals surface area contributed by atoms with Gasteiger partial charge in [0, 0.05) is 48.7 Å². The molecule has 1 saturated heterocycles. The normalized spacial score (nSPS) is 17.9. The number of piperidine rings is 1. The first-order chi connectivity index (χ1) is 20.1. The number of aryl methyl sites for hydroxylation is 1. The van der Waals surface area contributed by atoms with E-state index in [-0.39, 0.29) is 5.75 Å². The number of ether oxygens (including phenoxy) is 2. The Bertz CT molecular complexity index is 1450. The number of nitrogens with zero attached hydrogens (tertiary/aromatic N) is 1. The first-order valence-electron chi connectivity index (χ1n) is 15.2. The van der Waals surface area contributed by atoms with Crippen LogP contribution in [0.25, 0.3) is 16.8 Å². The first-order valence-corrected chi connectivity index (χ1v) is 15.2. The molecule has 0 bridgehead atoms. The maximum atomic E-state index is 9.94. The third-order valence-corrected chi connectivity index (χ3v) is 8.02. The lowest BCUT2D eigenvalue weighted by molar-refractivity contribution is 0.135. The van der Waals surface area contributed by atoms with E-state index in [2.05, 4.69) is 92.4 Å². The number of hydrogen-bond acceptors (Lipinski definition) is 4. The number of phenols is 1. The predicted molar refractivity (Wildman–Crippen MR) is 171 cm³/mol. The first kappa shape index (κ1) is 28.8. The largest absolute Gasteiger partial charge is 0.508 e. The van der Waals surface area contributed by atoms with Gasteiger partial charge in [-0.2, -0.15) is 0 Å². The van der Waals surface area contributed by atoms with Gasteiger partial charge in [-0.15, -0.1) is 0 Å². The van der Waals surface area contributed by atoms with Crippen LogP contribution in [0.15, 0.2) is 84.9 Å². The Labute approximate surface area is 245 Å². The van der Waals surface area contributed by atoms with Gasteiger partial charge in [0.25, 0.3) is 0 Å². The van der Waals surface area contributed by atoms with Gasteiger partial charge in [0.2, 0.25) is 0 Å². The van der Waals surface area contributed by atoms with E-state index in [1.165, 1.54) is 41.3 Å². The van der Waals surface area contributed by atoms with Crippen LogP contribution in [0.2, 0.25) is 0 Å². The molecule has 0 spiro atoms. The Balaban J connectivity index is 0.000000431. The predicted octanol–water partition coefficient (Wildman–Crippen LogP) is 9.02. The summed E-state index contributed by atoms with van der Waals surface area (Å²) in [5.74, 6) is 1.13. The van der Waals surface area contributed by atoms with Gasteiger partial charge in [0.05, 0.1) is 0 Å². The minimum absolute atomic E-state index is 0.251. The van der Waals surface area contributed by atoms with Gasteiger partial charge in [0.1, 0.15) is 11.5 Å². The van der Waals surface area contributed by atoms with Crippen LogP contribution in [0, 0.1) is 6.92 Å². The van der Waals surface area contributed by atoms with Gasteiger partial charge < -0.3 is 19.5 Å². The lowest BCUT2D eigenvalue weighted by Gasteiger charge is -2.37. The van der Waals surface area contributed by atoms with E-state index in [9.17, 15) is 5.11 Å². The van der Waals surface area contributed by atoms with E-state index < -0.39 is 5.60 Å². The van der Waals surface area contributed by atoms with Crippen molar-refractivity contribution < 1.29 is 14.6 Å². The van der Waals surface area contributed by atoms with Crippen molar-refractivity contribution in [2.75, 3.05) is 31.2 Å². The highest BCUT2D eigenvalue weighted by molar-refractivity contribution is 5.96. The molecule has 4 nitrogen and oxygen atoms in total. The fourth-order valence-corrected chi connectivity index (χ4v) is 5.86. The van der Waals surface area contributed by atoms with Crippen molar-refractivity contribution in [3.8, 4) is 11.5 Å². The minimum atomic E-state index is -0.768. The number of aromatic hydroxyl groups is 1. The van der Waals surface area contributed by atoms with Crippen molar-refractivity contribution in [3.63, 3.8) is 0 Å². The van der Waals surface area contributed by atoms with Gasteiger partial charge >= 0.3 is 0 Å². The second-order valence-corrected chi connectivity index (χ2v) is 11.1. The summed E-state index contributed by atoms with van der Waals surface area (Å²) < 4.78 is 12.1. The zero-order valence-electron chi connectivity index (χ0n) is 24.7. The molecule has 0 saturated carbocycles. The van der Waals surface area contributed by atoms with Gasteiger partial charge in [-0.3, -0.25) is 0 Å². The molecule has 1 atom stereocenters. The average molecular weight is 550 g/mol. The van der Waals surface area contributed by atoms with Crippen LogP contribution in [0.3, 0.4) is 0 Å². The number of fused-ring (bicyclic) bond motifs is 3. The number of rotatable bonds is 7. The fourth-order valence-electron chi connectivity index (χ4n) is 5.86. The summed E-state index contributed by atoms with van der Waals surface area (Å²) in [5, 5.41) is 12.4. The fraction of sp³-hybridized carbons (Fsp3) is 0.351. The van der Waals surface area contributed by atoms with E-state index in [4.69, 9.17) is 9.47 Å². The van der Waals surface area contributed by atoms with Crippen molar-refractivity contribution >= 4 is 22.5 Å². The van der Waals surface area contributed by atoms with E-state index in [1.54, 1.807) is 12.1 Å². The van der Waals surface area contributed by atoms with Crippen molar-refractivity contribution in [3.05, 3.63) is 107 Å². The number of anilines is 1. The lowest BCUT2D eigenvalue weighted by Crippen LogP contribution is -2.34. The molecule has 41 heavy (non-hydrogen) atoms. The molecule has 214 valence electrons. The Hall–Kier alpha value is -3.76. The van der Waals surface area contributed by atoms with Crippen LogP contribution >= 0.6 is 0 Å². The maximum absolute atomic E-state index is 9.94. The number of hydrogen-bond donors (Lipinski definition) is 1. The minimum Gasteiger partial charge on any atom is -0.508 e. The monoisotopic (exact) mass is 549 g/mol. The summed E-state index contributed by atoms with van der Waals surface area (Å²) in [5.41, 5.74) is 4.88. The summed E-state index contributed by atoms with van der Waals surface area (Å²) in [6.07, 6.45) is 10.5. The molecule has 0 aliphatic carbocycles. The Kier molecular flexibility index (Phi) is 9.31. The van der Waals surface area contributed by atoms with Crippen LogP contribution in [-0.2, 0) is 10.3 Å². The molecule has 2 aliphatic heterocycles. The van der Waals surface area contributed by atoms with Gasteiger partial charge in [-0.1, -0.05) is 62.4 Å². The van der Waals surface area contributed by atoms with E-state index >= 15 is 0 Å². The number of phenolic OH excluding ortho intramolecular Hbond substituents is 1.